The van der Waals surface area contributed by atoms with Crippen molar-refractivity contribution in [1.82, 2.24) is 0 Å². The Morgan fingerprint density at radius 3 is 3.00 bits per heavy atom. The molecule has 0 fully saturated rings. The molecule has 0 saturated heterocycles. The number of hydrogen-bond acceptors (Lipinski definition) is 2. The molecule has 0 radical (unpaired) electrons. The van der Waals surface area contributed by atoms with Gasteiger partial charge in [0.25, 0.3) is 0 Å². The van der Waals surface area contributed by atoms with Gasteiger partial charge in [-0.25, -0.2) is 0 Å². The highest BCUT2D eigenvalue weighted by Gasteiger charge is 2.22. The van der Waals surface area contributed by atoms with Gasteiger partial charge in [0.2, 0.25) is 0 Å². The lowest BCUT2D eigenvalue weighted by Gasteiger charge is -2.29. The summed E-state index contributed by atoms with van der Waals surface area (Å²) in [4.78, 5) is 0. The average molecular weight is 191 g/mol. The summed E-state index contributed by atoms with van der Waals surface area (Å²) in [5.41, 5.74) is 2.69. The van der Waals surface area contributed by atoms with Crippen molar-refractivity contribution < 1.29 is 4.74 Å². The third kappa shape index (κ3) is 1.75. The SMILES string of the molecule is CO[C@@H](C)[C@H]1CNc2ccccc2C1. The smallest absolute Gasteiger partial charge is 0.0591 e. The zero-order chi connectivity index (χ0) is 9.97. The van der Waals surface area contributed by atoms with E-state index in [1.807, 2.05) is 0 Å². The van der Waals surface area contributed by atoms with E-state index in [-0.39, 0.29) is 0 Å². The van der Waals surface area contributed by atoms with Crippen LogP contribution in [0.25, 0.3) is 0 Å². The first-order valence-electron chi connectivity index (χ1n) is 5.16. The van der Waals surface area contributed by atoms with Gasteiger partial charge in [-0.2, -0.15) is 0 Å². The maximum Gasteiger partial charge on any atom is 0.0591 e. The van der Waals surface area contributed by atoms with E-state index in [0.717, 1.165) is 13.0 Å². The number of rotatable bonds is 2. The molecule has 0 spiro atoms. The second kappa shape index (κ2) is 4.01. The molecule has 76 valence electrons. The number of ether oxygens (including phenoxy) is 1. The molecule has 1 aromatic rings. The first kappa shape index (κ1) is 9.53. The topological polar surface area (TPSA) is 21.3 Å². The van der Waals surface area contributed by atoms with Gasteiger partial charge in [-0.1, -0.05) is 18.2 Å². The molecule has 1 aliphatic heterocycles. The standard InChI is InChI=1S/C12H17NO/c1-9(14-2)11-7-10-5-3-4-6-12(10)13-8-11/h3-6,9,11,13H,7-8H2,1-2H3/t9-,11+/m0/s1. The monoisotopic (exact) mass is 191 g/mol. The lowest BCUT2D eigenvalue weighted by atomic mass is 9.90. The van der Waals surface area contributed by atoms with E-state index < -0.39 is 0 Å². The molecule has 0 bridgehead atoms. The summed E-state index contributed by atoms with van der Waals surface area (Å²) in [5.74, 6) is 0.592. The van der Waals surface area contributed by atoms with E-state index in [2.05, 4.69) is 36.5 Å². The van der Waals surface area contributed by atoms with Crippen molar-refractivity contribution in [2.24, 2.45) is 5.92 Å². The second-order valence-corrected chi connectivity index (χ2v) is 3.94. The average Bonchev–Trinajstić information content (AvgIpc) is 2.27. The summed E-state index contributed by atoms with van der Waals surface area (Å²) >= 11 is 0. The highest BCUT2D eigenvalue weighted by Crippen LogP contribution is 2.26. The molecule has 0 aliphatic carbocycles. The van der Waals surface area contributed by atoms with Crippen molar-refractivity contribution in [3.8, 4) is 0 Å². The molecule has 2 heteroatoms. The Labute approximate surface area is 85.3 Å². The van der Waals surface area contributed by atoms with E-state index >= 15 is 0 Å². The van der Waals surface area contributed by atoms with E-state index in [4.69, 9.17) is 4.74 Å². The van der Waals surface area contributed by atoms with Crippen molar-refractivity contribution in [3.05, 3.63) is 29.8 Å². The van der Waals surface area contributed by atoms with E-state index in [1.165, 1.54) is 11.3 Å². The van der Waals surface area contributed by atoms with Crippen molar-refractivity contribution in [3.63, 3.8) is 0 Å². The Kier molecular flexibility index (Phi) is 2.73. The Balaban J connectivity index is 2.13. The van der Waals surface area contributed by atoms with Crippen LogP contribution in [-0.4, -0.2) is 19.8 Å². The summed E-state index contributed by atoms with van der Waals surface area (Å²) in [6.07, 6.45) is 1.45. The van der Waals surface area contributed by atoms with Gasteiger partial charge in [0.05, 0.1) is 6.10 Å². The maximum absolute atomic E-state index is 5.36. The van der Waals surface area contributed by atoms with Gasteiger partial charge in [-0.05, 0) is 25.0 Å². The lowest BCUT2D eigenvalue weighted by molar-refractivity contribution is 0.0704. The van der Waals surface area contributed by atoms with Gasteiger partial charge in [0, 0.05) is 25.3 Å². The first-order valence-corrected chi connectivity index (χ1v) is 5.16. The molecule has 2 nitrogen and oxygen atoms in total. The molecular weight excluding hydrogens is 174 g/mol. The molecule has 2 rings (SSSR count). The Morgan fingerprint density at radius 1 is 1.43 bits per heavy atom. The van der Waals surface area contributed by atoms with E-state index in [1.54, 1.807) is 7.11 Å². The maximum atomic E-state index is 5.36. The lowest BCUT2D eigenvalue weighted by Crippen LogP contribution is -2.32. The number of hydrogen-bond donors (Lipinski definition) is 1. The normalized spacial score (nSPS) is 22.3. The van der Waals surface area contributed by atoms with Crippen LogP contribution >= 0.6 is 0 Å². The number of anilines is 1. The van der Waals surface area contributed by atoms with E-state index in [9.17, 15) is 0 Å². The Bertz CT molecular complexity index is 311. The fourth-order valence-electron chi connectivity index (χ4n) is 1.99. The zero-order valence-electron chi connectivity index (χ0n) is 8.79. The summed E-state index contributed by atoms with van der Waals surface area (Å²) < 4.78 is 5.36. The molecule has 14 heavy (non-hydrogen) atoms. The molecule has 1 aliphatic rings. The van der Waals surface area contributed by atoms with Crippen LogP contribution in [0.5, 0.6) is 0 Å². The van der Waals surface area contributed by atoms with Gasteiger partial charge in [0.1, 0.15) is 0 Å². The molecule has 0 amide bonds. The van der Waals surface area contributed by atoms with Crippen LogP contribution in [0.4, 0.5) is 5.69 Å². The van der Waals surface area contributed by atoms with Crippen LogP contribution in [0.2, 0.25) is 0 Å². The Hall–Kier alpha value is -1.02. The third-order valence-electron chi connectivity index (χ3n) is 3.09. The van der Waals surface area contributed by atoms with Crippen LogP contribution in [0, 0.1) is 5.92 Å². The van der Waals surface area contributed by atoms with Crippen LogP contribution in [0.1, 0.15) is 12.5 Å². The summed E-state index contributed by atoms with van der Waals surface area (Å²) in [6.45, 7) is 3.16. The molecular formula is C12H17NO. The minimum Gasteiger partial charge on any atom is -0.384 e. The largest absolute Gasteiger partial charge is 0.384 e. The van der Waals surface area contributed by atoms with Gasteiger partial charge < -0.3 is 10.1 Å². The minimum atomic E-state index is 0.329. The molecule has 0 saturated carbocycles. The fourth-order valence-corrected chi connectivity index (χ4v) is 1.99. The number of fused-ring (bicyclic) bond motifs is 1. The van der Waals surface area contributed by atoms with Crippen LogP contribution in [0.15, 0.2) is 24.3 Å². The van der Waals surface area contributed by atoms with Crippen LogP contribution < -0.4 is 5.32 Å². The van der Waals surface area contributed by atoms with Gasteiger partial charge in [0.15, 0.2) is 0 Å². The highest BCUT2D eigenvalue weighted by atomic mass is 16.5. The molecule has 2 atom stereocenters. The van der Waals surface area contributed by atoms with Crippen LogP contribution in [-0.2, 0) is 11.2 Å². The second-order valence-electron chi connectivity index (χ2n) is 3.94. The first-order chi connectivity index (χ1) is 6.81. The number of para-hydroxylation sites is 1. The Morgan fingerprint density at radius 2 is 2.21 bits per heavy atom. The molecule has 1 heterocycles. The predicted molar refractivity (Wildman–Crippen MR) is 58.6 cm³/mol. The predicted octanol–water partition coefficient (Wildman–Crippen LogP) is 2.31. The zero-order valence-corrected chi connectivity index (χ0v) is 8.79. The number of benzene rings is 1. The summed E-state index contributed by atoms with van der Waals surface area (Å²) in [7, 11) is 1.78. The van der Waals surface area contributed by atoms with Crippen molar-refractivity contribution in [2.75, 3.05) is 19.0 Å². The van der Waals surface area contributed by atoms with Gasteiger partial charge in [-0.15, -0.1) is 0 Å². The number of methoxy groups -OCH3 is 1. The van der Waals surface area contributed by atoms with Crippen LogP contribution in [0.3, 0.4) is 0 Å². The minimum absolute atomic E-state index is 0.329. The molecule has 0 unspecified atom stereocenters. The molecule has 1 aromatic carbocycles. The van der Waals surface area contributed by atoms with Crippen molar-refractivity contribution in [1.29, 1.82) is 0 Å². The van der Waals surface area contributed by atoms with Crippen molar-refractivity contribution >= 4 is 5.69 Å². The highest BCUT2D eigenvalue weighted by molar-refractivity contribution is 5.53. The van der Waals surface area contributed by atoms with Gasteiger partial charge >= 0.3 is 0 Å². The quantitative estimate of drug-likeness (QED) is 0.774. The van der Waals surface area contributed by atoms with Gasteiger partial charge in [-0.3, -0.25) is 0 Å². The summed E-state index contributed by atoms with van der Waals surface area (Å²) in [5, 5.41) is 3.45. The van der Waals surface area contributed by atoms with Crippen molar-refractivity contribution in [2.45, 2.75) is 19.4 Å². The van der Waals surface area contributed by atoms with E-state index in [0.29, 0.717) is 12.0 Å². The fraction of sp³-hybridized carbons (Fsp3) is 0.500. The third-order valence-corrected chi connectivity index (χ3v) is 3.09. The summed E-state index contributed by atoms with van der Waals surface area (Å²) in [6, 6.07) is 8.51. The molecule has 0 aromatic heterocycles. The molecule has 1 N–H and O–H groups in total. The number of nitrogens with one attached hydrogen (secondary N) is 1.